The van der Waals surface area contributed by atoms with Crippen LogP contribution in [0.5, 0.6) is 0 Å². The molecule has 1 aliphatic heterocycles. The van der Waals surface area contributed by atoms with Crippen molar-refractivity contribution in [3.05, 3.63) is 0 Å². The second-order valence-electron chi connectivity index (χ2n) is 3.84. The SMILES string of the molecule is CB(O)N1CCC(C)C(CO)C1. The van der Waals surface area contributed by atoms with Crippen LogP contribution in [0.4, 0.5) is 0 Å². The second-order valence-corrected chi connectivity index (χ2v) is 3.84. The first-order chi connectivity index (χ1) is 5.65. The molecular formula is C8H18BNO2. The van der Waals surface area contributed by atoms with Crippen LogP contribution in [-0.4, -0.2) is 41.7 Å². The van der Waals surface area contributed by atoms with Crippen LogP contribution in [0.1, 0.15) is 13.3 Å². The standard InChI is InChI=1S/C8H18BNO2/c1-7-3-4-10(9(2)12)5-8(7)6-11/h7-8,11-12H,3-6H2,1-2H3. The van der Waals surface area contributed by atoms with Crippen LogP contribution < -0.4 is 0 Å². The van der Waals surface area contributed by atoms with Gasteiger partial charge in [-0.05, 0) is 38.2 Å². The van der Waals surface area contributed by atoms with Crippen molar-refractivity contribution in [2.24, 2.45) is 11.8 Å². The van der Waals surface area contributed by atoms with Crippen LogP contribution in [0.15, 0.2) is 0 Å². The van der Waals surface area contributed by atoms with Gasteiger partial charge in [0.05, 0.1) is 0 Å². The van der Waals surface area contributed by atoms with E-state index in [9.17, 15) is 5.02 Å². The van der Waals surface area contributed by atoms with E-state index in [1.165, 1.54) is 0 Å². The zero-order valence-electron chi connectivity index (χ0n) is 7.90. The Morgan fingerprint density at radius 3 is 2.75 bits per heavy atom. The molecule has 1 rings (SSSR count). The zero-order valence-corrected chi connectivity index (χ0v) is 7.90. The summed E-state index contributed by atoms with van der Waals surface area (Å²) in [6, 6.07) is 0. The molecule has 0 aromatic rings. The predicted octanol–water partition coefficient (Wildman–Crippen LogP) is 0.0470. The van der Waals surface area contributed by atoms with E-state index in [0.29, 0.717) is 11.8 Å². The lowest BCUT2D eigenvalue weighted by Gasteiger charge is -2.36. The molecule has 0 bridgehead atoms. The molecule has 1 fully saturated rings. The molecule has 0 aliphatic carbocycles. The molecule has 1 aliphatic rings. The minimum atomic E-state index is -0.369. The van der Waals surface area contributed by atoms with Gasteiger partial charge in [-0.1, -0.05) is 6.92 Å². The summed E-state index contributed by atoms with van der Waals surface area (Å²) in [4.78, 5) is 2.01. The molecule has 0 aromatic heterocycles. The largest absolute Gasteiger partial charge is 0.437 e. The monoisotopic (exact) mass is 171 g/mol. The van der Waals surface area contributed by atoms with Crippen molar-refractivity contribution in [1.82, 2.24) is 4.81 Å². The van der Waals surface area contributed by atoms with Gasteiger partial charge in [0.15, 0.2) is 0 Å². The number of rotatable bonds is 2. The Morgan fingerprint density at radius 1 is 1.58 bits per heavy atom. The molecule has 3 nitrogen and oxygen atoms in total. The van der Waals surface area contributed by atoms with Gasteiger partial charge in [0, 0.05) is 6.61 Å². The number of hydrogen-bond donors (Lipinski definition) is 2. The van der Waals surface area contributed by atoms with E-state index in [0.717, 1.165) is 19.5 Å². The number of nitrogens with zero attached hydrogens (tertiary/aromatic N) is 1. The van der Waals surface area contributed by atoms with Crippen LogP contribution >= 0.6 is 0 Å². The van der Waals surface area contributed by atoms with Crippen LogP contribution in [0, 0.1) is 11.8 Å². The minimum Gasteiger partial charge on any atom is -0.437 e. The van der Waals surface area contributed by atoms with Gasteiger partial charge in [0.25, 0.3) is 0 Å². The summed E-state index contributed by atoms with van der Waals surface area (Å²) in [6.45, 7) is 5.97. The topological polar surface area (TPSA) is 43.7 Å². The highest BCUT2D eigenvalue weighted by Gasteiger charge is 2.28. The third-order valence-electron chi connectivity index (χ3n) is 2.91. The van der Waals surface area contributed by atoms with Gasteiger partial charge in [0.1, 0.15) is 0 Å². The first kappa shape index (κ1) is 10.0. The van der Waals surface area contributed by atoms with Gasteiger partial charge >= 0.3 is 7.05 Å². The third kappa shape index (κ3) is 2.22. The van der Waals surface area contributed by atoms with Gasteiger partial charge < -0.3 is 14.9 Å². The lowest BCUT2D eigenvalue weighted by Crippen LogP contribution is -2.47. The normalized spacial score (nSPS) is 32.0. The third-order valence-corrected chi connectivity index (χ3v) is 2.91. The summed E-state index contributed by atoms with van der Waals surface area (Å²) >= 11 is 0. The van der Waals surface area contributed by atoms with E-state index < -0.39 is 0 Å². The molecule has 4 heteroatoms. The van der Waals surface area contributed by atoms with E-state index in [-0.39, 0.29) is 13.7 Å². The lowest BCUT2D eigenvalue weighted by atomic mass is 9.78. The average molecular weight is 171 g/mol. The summed E-state index contributed by atoms with van der Waals surface area (Å²) in [5, 5.41) is 18.4. The zero-order chi connectivity index (χ0) is 9.14. The molecule has 1 heterocycles. The fraction of sp³-hybridized carbons (Fsp3) is 1.00. The fourth-order valence-corrected chi connectivity index (χ4v) is 1.75. The molecule has 1 saturated heterocycles. The van der Waals surface area contributed by atoms with E-state index in [2.05, 4.69) is 6.92 Å². The Morgan fingerprint density at radius 2 is 2.25 bits per heavy atom. The first-order valence-corrected chi connectivity index (χ1v) is 4.68. The van der Waals surface area contributed by atoms with Crippen LogP contribution in [0.2, 0.25) is 6.82 Å². The highest BCUT2D eigenvalue weighted by Crippen LogP contribution is 2.22. The molecule has 0 aromatic carbocycles. The number of aliphatic hydroxyl groups excluding tert-OH is 1. The Hall–Kier alpha value is -0.0551. The summed E-state index contributed by atoms with van der Waals surface area (Å²) in [5.41, 5.74) is 0. The average Bonchev–Trinajstić information content (AvgIpc) is 2.05. The van der Waals surface area contributed by atoms with Crippen molar-refractivity contribution >= 4 is 7.05 Å². The van der Waals surface area contributed by atoms with Crippen molar-refractivity contribution < 1.29 is 10.1 Å². The Kier molecular flexibility index (Phi) is 3.56. The van der Waals surface area contributed by atoms with Crippen molar-refractivity contribution in [2.45, 2.75) is 20.2 Å². The number of aliphatic hydroxyl groups is 1. The molecule has 2 N–H and O–H groups in total. The molecule has 70 valence electrons. The van der Waals surface area contributed by atoms with Crippen molar-refractivity contribution in [3.8, 4) is 0 Å². The number of piperidine rings is 1. The lowest BCUT2D eigenvalue weighted by molar-refractivity contribution is 0.112. The number of hydrogen-bond acceptors (Lipinski definition) is 3. The van der Waals surface area contributed by atoms with Crippen LogP contribution in [0.25, 0.3) is 0 Å². The maximum atomic E-state index is 9.32. The van der Waals surface area contributed by atoms with E-state index >= 15 is 0 Å². The van der Waals surface area contributed by atoms with Gasteiger partial charge in [-0.3, -0.25) is 0 Å². The Balaban J connectivity index is 2.44. The smallest absolute Gasteiger partial charge is 0.376 e. The van der Waals surface area contributed by atoms with E-state index in [1.54, 1.807) is 6.82 Å². The first-order valence-electron chi connectivity index (χ1n) is 4.68. The van der Waals surface area contributed by atoms with E-state index in [4.69, 9.17) is 5.11 Å². The summed E-state index contributed by atoms with van der Waals surface area (Å²) < 4.78 is 0. The van der Waals surface area contributed by atoms with Crippen LogP contribution in [0.3, 0.4) is 0 Å². The highest BCUT2D eigenvalue weighted by molar-refractivity contribution is 6.45. The van der Waals surface area contributed by atoms with Gasteiger partial charge in [-0.2, -0.15) is 0 Å². The minimum absolute atomic E-state index is 0.240. The van der Waals surface area contributed by atoms with Gasteiger partial charge in [-0.15, -0.1) is 0 Å². The quantitative estimate of drug-likeness (QED) is 0.577. The summed E-state index contributed by atoms with van der Waals surface area (Å²) in [7, 11) is -0.369. The molecule has 0 amide bonds. The molecule has 0 saturated carbocycles. The molecule has 2 unspecified atom stereocenters. The Labute approximate surface area is 74.5 Å². The van der Waals surface area contributed by atoms with Crippen molar-refractivity contribution in [3.63, 3.8) is 0 Å². The van der Waals surface area contributed by atoms with E-state index in [1.807, 2.05) is 4.81 Å². The summed E-state index contributed by atoms with van der Waals surface area (Å²) in [5.74, 6) is 0.929. The highest BCUT2D eigenvalue weighted by atomic mass is 16.3. The van der Waals surface area contributed by atoms with Crippen LogP contribution in [-0.2, 0) is 0 Å². The maximum Gasteiger partial charge on any atom is 0.376 e. The molecular weight excluding hydrogens is 153 g/mol. The van der Waals surface area contributed by atoms with Crippen molar-refractivity contribution in [1.29, 1.82) is 0 Å². The molecule has 0 spiro atoms. The summed E-state index contributed by atoms with van der Waals surface area (Å²) in [6.07, 6.45) is 1.08. The molecule has 2 atom stereocenters. The van der Waals surface area contributed by atoms with Crippen molar-refractivity contribution in [2.75, 3.05) is 19.7 Å². The molecule has 0 radical (unpaired) electrons. The maximum absolute atomic E-state index is 9.32. The second kappa shape index (κ2) is 4.26. The Bertz CT molecular complexity index is 143. The molecule has 12 heavy (non-hydrogen) atoms. The van der Waals surface area contributed by atoms with Gasteiger partial charge in [-0.25, -0.2) is 0 Å². The van der Waals surface area contributed by atoms with Gasteiger partial charge in [0.2, 0.25) is 0 Å². The predicted molar refractivity (Wildman–Crippen MR) is 49.8 cm³/mol. The fourth-order valence-electron chi connectivity index (χ4n) is 1.75.